The van der Waals surface area contributed by atoms with Gasteiger partial charge in [-0.15, -0.1) is 0 Å². The molecule has 0 saturated carbocycles. The summed E-state index contributed by atoms with van der Waals surface area (Å²) >= 11 is 6.02. The monoisotopic (exact) mass is 324 g/mol. The highest BCUT2D eigenvalue weighted by molar-refractivity contribution is 6.30. The molecular weight excluding hydrogens is 300 g/mol. The van der Waals surface area contributed by atoms with E-state index in [4.69, 9.17) is 22.1 Å². The number of benzene rings is 1. The first-order chi connectivity index (χ1) is 10.3. The van der Waals surface area contributed by atoms with Crippen LogP contribution in [0.15, 0.2) is 24.3 Å². The highest BCUT2D eigenvalue weighted by atomic mass is 35.5. The fourth-order valence-corrected chi connectivity index (χ4v) is 2.93. The van der Waals surface area contributed by atoms with E-state index in [1.54, 1.807) is 0 Å². The number of carbonyl (C=O) groups excluding carboxylic acids is 1. The van der Waals surface area contributed by atoms with Gasteiger partial charge in [0.1, 0.15) is 0 Å². The number of halogens is 1. The van der Waals surface area contributed by atoms with Crippen molar-refractivity contribution in [3.8, 4) is 0 Å². The molecule has 1 fully saturated rings. The quantitative estimate of drug-likeness (QED) is 0.874. The highest BCUT2D eigenvalue weighted by Gasteiger charge is 2.36. The Bertz CT molecular complexity index is 525. The summed E-state index contributed by atoms with van der Waals surface area (Å²) in [5.74, 6) is -0.0741. The van der Waals surface area contributed by atoms with Crippen LogP contribution >= 0.6 is 11.6 Å². The number of rotatable bonds is 5. The summed E-state index contributed by atoms with van der Waals surface area (Å²) in [4.78, 5) is 12.4. The first-order valence-corrected chi connectivity index (χ1v) is 8.08. The second kappa shape index (κ2) is 6.99. The maximum Gasteiger partial charge on any atom is 0.240 e. The first kappa shape index (κ1) is 17.3. The molecule has 122 valence electrons. The minimum Gasteiger partial charge on any atom is -0.381 e. The lowest BCUT2D eigenvalue weighted by Gasteiger charge is -2.33. The third kappa shape index (κ3) is 4.70. The van der Waals surface area contributed by atoms with Gasteiger partial charge in [0.25, 0.3) is 0 Å². The summed E-state index contributed by atoms with van der Waals surface area (Å²) in [5.41, 5.74) is 6.51. The van der Waals surface area contributed by atoms with Crippen molar-refractivity contribution in [2.45, 2.75) is 38.6 Å². The van der Waals surface area contributed by atoms with E-state index in [9.17, 15) is 4.79 Å². The fourth-order valence-electron chi connectivity index (χ4n) is 2.72. The molecule has 2 rings (SSSR count). The van der Waals surface area contributed by atoms with Gasteiger partial charge >= 0.3 is 0 Å². The zero-order chi connectivity index (χ0) is 16.2. The molecule has 1 aromatic carbocycles. The van der Waals surface area contributed by atoms with E-state index in [0.717, 1.165) is 11.4 Å². The maximum absolute atomic E-state index is 12.4. The Morgan fingerprint density at radius 1 is 1.41 bits per heavy atom. The zero-order valence-electron chi connectivity index (χ0n) is 13.3. The van der Waals surface area contributed by atoms with Gasteiger partial charge in [-0.2, -0.15) is 0 Å². The van der Waals surface area contributed by atoms with Crippen LogP contribution in [0, 0.1) is 5.41 Å². The maximum atomic E-state index is 12.4. The molecular formula is C17H25ClN2O2. The van der Waals surface area contributed by atoms with Crippen LogP contribution < -0.4 is 11.1 Å². The molecule has 1 saturated heterocycles. The Kier molecular flexibility index (Phi) is 5.48. The van der Waals surface area contributed by atoms with Gasteiger partial charge in [0.15, 0.2) is 0 Å². The van der Waals surface area contributed by atoms with E-state index in [-0.39, 0.29) is 11.3 Å². The molecule has 0 atom stereocenters. The molecule has 1 heterocycles. The Balaban J connectivity index is 1.90. The minimum absolute atomic E-state index is 0.0676. The van der Waals surface area contributed by atoms with E-state index in [1.807, 2.05) is 18.2 Å². The van der Waals surface area contributed by atoms with Crippen LogP contribution in [0.1, 0.15) is 32.3 Å². The minimum atomic E-state index is -0.787. The van der Waals surface area contributed by atoms with Gasteiger partial charge in [-0.25, -0.2) is 0 Å². The molecule has 5 heteroatoms. The van der Waals surface area contributed by atoms with Crippen molar-refractivity contribution in [3.63, 3.8) is 0 Å². The van der Waals surface area contributed by atoms with Gasteiger partial charge in [0, 0.05) is 24.8 Å². The predicted molar refractivity (Wildman–Crippen MR) is 88.9 cm³/mol. The molecule has 0 radical (unpaired) electrons. The Labute approximate surface area is 137 Å². The lowest BCUT2D eigenvalue weighted by atomic mass is 9.84. The number of nitrogens with one attached hydrogen (secondary N) is 1. The molecule has 0 aromatic heterocycles. The van der Waals surface area contributed by atoms with Crippen LogP contribution in [0.5, 0.6) is 0 Å². The second-order valence-electron chi connectivity index (χ2n) is 6.92. The van der Waals surface area contributed by atoms with Crippen LogP contribution in [-0.4, -0.2) is 31.2 Å². The van der Waals surface area contributed by atoms with Crippen LogP contribution in [0.25, 0.3) is 0 Å². The summed E-state index contributed by atoms with van der Waals surface area (Å²) in [7, 11) is 0. The molecule has 1 aliphatic rings. The van der Waals surface area contributed by atoms with E-state index in [2.05, 4.69) is 25.2 Å². The summed E-state index contributed by atoms with van der Waals surface area (Å²) in [5, 5.41) is 3.75. The number of hydrogen-bond donors (Lipinski definition) is 2. The average molecular weight is 325 g/mol. The van der Waals surface area contributed by atoms with Crippen molar-refractivity contribution < 1.29 is 9.53 Å². The molecule has 1 aliphatic heterocycles. The largest absolute Gasteiger partial charge is 0.381 e. The number of amides is 1. The first-order valence-electron chi connectivity index (χ1n) is 7.70. The molecule has 0 bridgehead atoms. The van der Waals surface area contributed by atoms with Gasteiger partial charge in [-0.3, -0.25) is 4.79 Å². The van der Waals surface area contributed by atoms with Crippen LogP contribution in [0.4, 0.5) is 0 Å². The highest BCUT2D eigenvalue weighted by Crippen LogP contribution is 2.24. The number of ether oxygens (including phenoxy) is 1. The molecule has 1 amide bonds. The number of hydrogen-bond acceptors (Lipinski definition) is 3. The van der Waals surface area contributed by atoms with Gasteiger partial charge in [-0.1, -0.05) is 37.6 Å². The van der Waals surface area contributed by atoms with Gasteiger partial charge < -0.3 is 15.8 Å². The zero-order valence-corrected chi connectivity index (χ0v) is 14.1. The van der Waals surface area contributed by atoms with Gasteiger partial charge in [-0.05, 0) is 42.4 Å². The summed E-state index contributed by atoms with van der Waals surface area (Å²) in [6.45, 7) is 5.94. The van der Waals surface area contributed by atoms with Gasteiger partial charge in [0.2, 0.25) is 5.91 Å². The summed E-state index contributed by atoms with van der Waals surface area (Å²) in [6.07, 6.45) is 2.00. The third-order valence-electron chi connectivity index (χ3n) is 4.14. The van der Waals surface area contributed by atoms with Crippen molar-refractivity contribution in [2.24, 2.45) is 11.1 Å². The molecule has 0 aliphatic carbocycles. The Morgan fingerprint density at radius 3 is 2.73 bits per heavy atom. The lowest BCUT2D eigenvalue weighted by Crippen LogP contribution is -2.58. The molecule has 22 heavy (non-hydrogen) atoms. The number of nitrogens with two attached hydrogens (primary N) is 1. The average Bonchev–Trinajstić information content (AvgIpc) is 2.45. The second-order valence-corrected chi connectivity index (χ2v) is 7.36. The molecule has 0 unspecified atom stereocenters. The summed E-state index contributed by atoms with van der Waals surface area (Å²) in [6, 6.07) is 7.83. The Morgan fingerprint density at radius 2 is 2.09 bits per heavy atom. The third-order valence-corrected chi connectivity index (χ3v) is 4.37. The molecule has 0 spiro atoms. The summed E-state index contributed by atoms with van der Waals surface area (Å²) < 4.78 is 5.28. The molecule has 4 nitrogen and oxygen atoms in total. The van der Waals surface area contributed by atoms with E-state index < -0.39 is 5.54 Å². The topological polar surface area (TPSA) is 64.4 Å². The molecule has 1 aromatic rings. The number of carbonyl (C=O) groups is 1. The van der Waals surface area contributed by atoms with Crippen LogP contribution in [0.3, 0.4) is 0 Å². The van der Waals surface area contributed by atoms with Crippen LogP contribution in [-0.2, 0) is 16.0 Å². The van der Waals surface area contributed by atoms with E-state index >= 15 is 0 Å². The van der Waals surface area contributed by atoms with Crippen molar-refractivity contribution in [3.05, 3.63) is 34.9 Å². The fraction of sp³-hybridized carbons (Fsp3) is 0.588. The van der Waals surface area contributed by atoms with Crippen molar-refractivity contribution in [1.29, 1.82) is 0 Å². The molecule has 3 N–H and O–H groups in total. The smallest absolute Gasteiger partial charge is 0.240 e. The van der Waals surface area contributed by atoms with Gasteiger partial charge in [0.05, 0.1) is 5.54 Å². The van der Waals surface area contributed by atoms with E-state index in [0.29, 0.717) is 32.6 Å². The standard InChI is InChI=1S/C17H25ClN2O2/c1-16(2,11-13-4-3-5-14(18)10-13)12-20-15(21)17(19)6-8-22-9-7-17/h3-5,10H,6-9,11-12,19H2,1-2H3,(H,20,21). The van der Waals surface area contributed by atoms with Crippen molar-refractivity contribution >= 4 is 17.5 Å². The van der Waals surface area contributed by atoms with Crippen molar-refractivity contribution in [1.82, 2.24) is 5.32 Å². The Hall–Kier alpha value is -1.10. The predicted octanol–water partition coefficient (Wildman–Crippen LogP) is 2.53. The van der Waals surface area contributed by atoms with E-state index in [1.165, 1.54) is 5.56 Å². The normalized spacial score (nSPS) is 18.0. The van der Waals surface area contributed by atoms with Crippen molar-refractivity contribution in [2.75, 3.05) is 19.8 Å². The lowest BCUT2D eigenvalue weighted by molar-refractivity contribution is -0.130. The van der Waals surface area contributed by atoms with Crippen LogP contribution in [0.2, 0.25) is 5.02 Å². The SMILES string of the molecule is CC(C)(CNC(=O)C1(N)CCOCC1)Cc1cccc(Cl)c1.